The van der Waals surface area contributed by atoms with Gasteiger partial charge in [0.2, 0.25) is 11.9 Å². The number of benzene rings is 4. The first-order valence-corrected chi connectivity index (χ1v) is 16.2. The van der Waals surface area contributed by atoms with Gasteiger partial charge < -0.3 is 30.6 Å². The van der Waals surface area contributed by atoms with Crippen molar-refractivity contribution in [3.05, 3.63) is 108 Å². The Morgan fingerprint density at radius 1 is 0.940 bits per heavy atom. The number of aliphatic imine (C=N–C) groups is 2. The minimum Gasteiger partial charge on any atom is -0.493 e. The Morgan fingerprint density at radius 3 is 2.26 bits per heavy atom. The molecular formula is C39H39N5O6. The van der Waals surface area contributed by atoms with Gasteiger partial charge >= 0.3 is 5.97 Å². The highest BCUT2D eigenvalue weighted by molar-refractivity contribution is 6.10. The number of allylic oxidation sites excluding steroid dienone is 3. The average Bonchev–Trinajstić information content (AvgIpc) is 3.14. The van der Waals surface area contributed by atoms with E-state index in [9.17, 15) is 14.4 Å². The Bertz CT molecular complexity index is 2030. The van der Waals surface area contributed by atoms with E-state index in [0.29, 0.717) is 37.3 Å². The molecule has 1 heterocycles. The number of nitrogens with zero attached hydrogens (tertiary/aromatic N) is 2. The molecule has 0 unspecified atom stereocenters. The van der Waals surface area contributed by atoms with Gasteiger partial charge in [-0.05, 0) is 71.8 Å². The number of amides is 2. The molecule has 11 heteroatoms. The van der Waals surface area contributed by atoms with Gasteiger partial charge in [-0.1, -0.05) is 72.8 Å². The first-order valence-electron chi connectivity index (χ1n) is 16.2. The Morgan fingerprint density at radius 2 is 1.60 bits per heavy atom. The number of fused-ring (bicyclic) bond motifs is 7. The van der Waals surface area contributed by atoms with Crippen LogP contribution in [-0.2, 0) is 19.1 Å². The van der Waals surface area contributed by atoms with E-state index >= 15 is 0 Å². The third-order valence-electron chi connectivity index (χ3n) is 7.89. The van der Waals surface area contributed by atoms with E-state index in [0.717, 1.165) is 32.7 Å². The van der Waals surface area contributed by atoms with E-state index in [1.807, 2.05) is 48.5 Å². The normalized spacial score (nSPS) is 17.3. The van der Waals surface area contributed by atoms with Gasteiger partial charge in [0.15, 0.2) is 0 Å². The summed E-state index contributed by atoms with van der Waals surface area (Å²) in [6.07, 6.45) is 7.63. The van der Waals surface area contributed by atoms with E-state index in [1.54, 1.807) is 18.2 Å². The van der Waals surface area contributed by atoms with Gasteiger partial charge in [0, 0.05) is 24.1 Å². The zero-order valence-electron chi connectivity index (χ0n) is 27.8. The van der Waals surface area contributed by atoms with Gasteiger partial charge in [0.05, 0.1) is 13.7 Å². The summed E-state index contributed by atoms with van der Waals surface area (Å²) in [4.78, 5) is 46.7. The van der Waals surface area contributed by atoms with Crippen LogP contribution < -0.4 is 25.8 Å². The van der Waals surface area contributed by atoms with Crippen LogP contribution in [0.15, 0.2) is 118 Å². The molecule has 0 radical (unpaired) electrons. The summed E-state index contributed by atoms with van der Waals surface area (Å²) in [6.45, 7) is 4.06. The lowest BCUT2D eigenvalue weighted by Crippen LogP contribution is -2.36. The Balaban J connectivity index is 1.52. The summed E-state index contributed by atoms with van der Waals surface area (Å²) in [5.41, 5.74) is 7.18. The monoisotopic (exact) mass is 673 g/mol. The average molecular weight is 674 g/mol. The van der Waals surface area contributed by atoms with Gasteiger partial charge in [-0.15, -0.1) is 0 Å². The van der Waals surface area contributed by atoms with Crippen molar-refractivity contribution < 1.29 is 28.6 Å². The number of nitrogens with two attached hydrogens (primary N) is 1. The lowest BCUT2D eigenvalue weighted by Gasteiger charge is -2.19. The molecule has 4 aromatic rings. The summed E-state index contributed by atoms with van der Waals surface area (Å²) in [5, 5.41) is 9.31. The third-order valence-corrected chi connectivity index (χ3v) is 7.89. The molecule has 1 aliphatic rings. The molecule has 0 saturated carbocycles. The van der Waals surface area contributed by atoms with E-state index < -0.39 is 17.8 Å². The van der Waals surface area contributed by atoms with Crippen LogP contribution in [0.1, 0.15) is 25.7 Å². The van der Waals surface area contributed by atoms with Gasteiger partial charge in [-0.3, -0.25) is 14.6 Å². The second-order valence-corrected chi connectivity index (χ2v) is 11.2. The van der Waals surface area contributed by atoms with Gasteiger partial charge in [0.1, 0.15) is 29.5 Å². The van der Waals surface area contributed by atoms with Crippen molar-refractivity contribution in [2.45, 2.75) is 25.7 Å². The SMILES string of the molecule is C=NC(N)=NCCC/C=C1\NC(=O)CCCOc2ccc3ccccc3c2-c2c(ccc3ccccc23)OC/C=C/C=C(/C(=O)OC)NC1=O. The number of hydrogen-bond donors (Lipinski definition) is 3. The molecule has 4 aromatic carbocycles. The van der Waals surface area contributed by atoms with Crippen LogP contribution in [-0.4, -0.2) is 57.3 Å². The van der Waals surface area contributed by atoms with Crippen molar-refractivity contribution >= 4 is 52.0 Å². The highest BCUT2D eigenvalue weighted by atomic mass is 16.5. The van der Waals surface area contributed by atoms with Crippen molar-refractivity contribution in [1.82, 2.24) is 10.6 Å². The van der Waals surface area contributed by atoms with Gasteiger partial charge in [0.25, 0.3) is 5.91 Å². The Hall–Kier alpha value is -6.23. The number of esters is 1. The number of hydrogen-bond acceptors (Lipinski definition) is 7. The minimum absolute atomic E-state index is 0.0195. The van der Waals surface area contributed by atoms with Crippen molar-refractivity contribution in [1.29, 1.82) is 0 Å². The summed E-state index contributed by atoms with van der Waals surface area (Å²) < 4.78 is 17.7. The molecule has 0 spiro atoms. The van der Waals surface area contributed by atoms with E-state index in [2.05, 4.69) is 51.6 Å². The van der Waals surface area contributed by atoms with Crippen molar-refractivity contribution in [3.8, 4) is 22.6 Å². The molecule has 0 bridgehead atoms. The largest absolute Gasteiger partial charge is 0.493 e. The molecule has 5 rings (SSSR count). The predicted molar refractivity (Wildman–Crippen MR) is 196 cm³/mol. The topological polar surface area (TPSA) is 154 Å². The summed E-state index contributed by atoms with van der Waals surface area (Å²) in [5.74, 6) is -0.485. The number of unbranched alkanes of at least 4 members (excludes halogenated alkanes) is 1. The second-order valence-electron chi connectivity index (χ2n) is 11.2. The van der Waals surface area contributed by atoms with Crippen molar-refractivity contribution in [3.63, 3.8) is 0 Å². The van der Waals surface area contributed by atoms with Crippen LogP contribution in [0.25, 0.3) is 32.7 Å². The Labute approximate surface area is 290 Å². The van der Waals surface area contributed by atoms with Crippen LogP contribution in [0.2, 0.25) is 0 Å². The number of rotatable bonds is 5. The molecule has 2 amide bonds. The van der Waals surface area contributed by atoms with Crippen molar-refractivity contribution in [2.75, 3.05) is 26.9 Å². The fourth-order valence-corrected chi connectivity index (χ4v) is 5.49. The van der Waals surface area contributed by atoms with Crippen LogP contribution in [0.3, 0.4) is 0 Å². The number of carbonyl (C=O) groups is 3. The Kier molecular flexibility index (Phi) is 12.1. The smallest absolute Gasteiger partial charge is 0.354 e. The zero-order chi connectivity index (χ0) is 35.3. The number of methoxy groups -OCH3 is 1. The number of nitrogens with one attached hydrogen (secondary N) is 2. The maximum atomic E-state index is 13.3. The lowest BCUT2D eigenvalue weighted by atomic mass is 9.92. The van der Waals surface area contributed by atoms with Gasteiger partial charge in [-0.25, -0.2) is 9.79 Å². The molecule has 0 atom stereocenters. The molecule has 0 fully saturated rings. The van der Waals surface area contributed by atoms with Crippen LogP contribution >= 0.6 is 0 Å². The van der Waals surface area contributed by atoms with Crippen LogP contribution in [0.5, 0.6) is 11.5 Å². The summed E-state index contributed by atoms with van der Waals surface area (Å²) in [6, 6.07) is 24.1. The first kappa shape index (κ1) is 35.1. The summed E-state index contributed by atoms with van der Waals surface area (Å²) >= 11 is 0. The molecule has 4 N–H and O–H groups in total. The molecule has 256 valence electrons. The number of guanidine groups is 1. The fourth-order valence-electron chi connectivity index (χ4n) is 5.49. The number of carbonyl (C=O) groups excluding carboxylic acids is 3. The second kappa shape index (κ2) is 17.3. The molecule has 50 heavy (non-hydrogen) atoms. The maximum Gasteiger partial charge on any atom is 0.354 e. The lowest BCUT2D eigenvalue weighted by molar-refractivity contribution is -0.137. The number of ether oxygens (including phenoxy) is 3. The third kappa shape index (κ3) is 8.81. The highest BCUT2D eigenvalue weighted by Gasteiger charge is 2.21. The van der Waals surface area contributed by atoms with Crippen molar-refractivity contribution in [2.24, 2.45) is 15.7 Å². The molecular weight excluding hydrogens is 634 g/mol. The quantitative estimate of drug-likeness (QED) is 0.0803. The van der Waals surface area contributed by atoms with E-state index in [-0.39, 0.29) is 37.0 Å². The fraction of sp³-hybridized carbons (Fsp3) is 0.205. The van der Waals surface area contributed by atoms with Crippen LogP contribution in [0.4, 0.5) is 0 Å². The highest BCUT2D eigenvalue weighted by Crippen LogP contribution is 2.45. The first-order chi connectivity index (χ1) is 24.4. The standard InChI is InChI=1S/C39H39N5O6/c1-41-39(40)42-23-9-7-16-30-37(46)44-31(38(47)48-2)17-8-10-24-49-32-21-19-26-12-3-5-14-28(26)35(32)36-29-15-6-4-13-27(29)20-22-33(36)50-25-11-18-34(45)43-30/h3-6,8,10,12-17,19-22H,1,7,9,11,18,23-25H2,2H3,(H2,40,42)(H,43,45)(H,44,46)/b10-8+,30-16-,31-17-. The molecule has 0 aromatic heterocycles. The van der Waals surface area contributed by atoms with Crippen LogP contribution in [0, 0.1) is 0 Å². The molecule has 11 nitrogen and oxygen atoms in total. The van der Waals surface area contributed by atoms with Gasteiger partial charge in [-0.2, -0.15) is 0 Å². The molecule has 0 aliphatic carbocycles. The zero-order valence-corrected chi connectivity index (χ0v) is 27.8. The minimum atomic E-state index is -0.764. The molecule has 1 aliphatic heterocycles. The predicted octanol–water partition coefficient (Wildman–Crippen LogP) is 5.74. The van der Waals surface area contributed by atoms with E-state index in [1.165, 1.54) is 13.2 Å². The summed E-state index contributed by atoms with van der Waals surface area (Å²) in [7, 11) is 1.21. The molecule has 0 saturated heterocycles. The van der Waals surface area contributed by atoms with E-state index in [4.69, 9.17) is 19.9 Å². The maximum absolute atomic E-state index is 13.3.